The van der Waals surface area contributed by atoms with Crippen molar-refractivity contribution in [1.29, 1.82) is 0 Å². The Morgan fingerprint density at radius 3 is 2.54 bits per heavy atom. The molecule has 0 aliphatic rings. The summed E-state index contributed by atoms with van der Waals surface area (Å²) < 4.78 is 0.884. The molecule has 4 N–H and O–H groups in total. The average Bonchev–Trinajstić information content (AvgIpc) is 2.95. The van der Waals surface area contributed by atoms with E-state index in [-0.39, 0.29) is 11.8 Å². The van der Waals surface area contributed by atoms with Gasteiger partial charge in [0.1, 0.15) is 0 Å². The highest BCUT2D eigenvalue weighted by atomic mass is 32.1. The Labute approximate surface area is 142 Å². The fraction of sp³-hybridized carbons (Fsp3) is 0.118. The Morgan fingerprint density at radius 1 is 1.12 bits per heavy atom. The van der Waals surface area contributed by atoms with Crippen molar-refractivity contribution in [1.82, 2.24) is 4.98 Å². The van der Waals surface area contributed by atoms with E-state index in [0.29, 0.717) is 22.9 Å². The average molecular weight is 340 g/mol. The highest BCUT2D eigenvalue weighted by Crippen LogP contribution is 2.28. The minimum absolute atomic E-state index is 0.131. The van der Waals surface area contributed by atoms with Crippen molar-refractivity contribution in [3.05, 3.63) is 53.6 Å². The number of carbonyl (C=O) groups excluding carboxylic acids is 2. The third-order valence-electron chi connectivity index (χ3n) is 3.38. The van der Waals surface area contributed by atoms with Crippen LogP contribution in [-0.2, 0) is 11.3 Å². The van der Waals surface area contributed by atoms with Gasteiger partial charge in [0.05, 0.1) is 10.2 Å². The van der Waals surface area contributed by atoms with E-state index in [1.54, 1.807) is 18.2 Å². The summed E-state index contributed by atoms with van der Waals surface area (Å²) in [7, 11) is 0. The van der Waals surface area contributed by atoms with Gasteiger partial charge in [0.15, 0.2) is 5.13 Å². The molecule has 3 aromatic rings. The van der Waals surface area contributed by atoms with Crippen LogP contribution in [0.25, 0.3) is 10.2 Å². The van der Waals surface area contributed by atoms with Crippen molar-refractivity contribution in [3.8, 4) is 0 Å². The van der Waals surface area contributed by atoms with Crippen LogP contribution in [0.3, 0.4) is 0 Å². The number of nitrogens with one attached hydrogen (secondary N) is 2. The Kier molecular flexibility index (Phi) is 4.54. The molecule has 1 heterocycles. The van der Waals surface area contributed by atoms with Gasteiger partial charge in [0, 0.05) is 24.7 Å². The number of rotatable bonds is 4. The number of fused-ring (bicyclic) bond motifs is 1. The number of benzene rings is 2. The molecule has 3 rings (SSSR count). The first-order valence-corrected chi connectivity index (χ1v) is 8.15. The maximum Gasteiger partial charge on any atom is 0.257 e. The SMILES string of the molecule is CC(=O)Nc1ccc2nc(NC(=O)c3ccc(CN)cc3)sc2c1. The van der Waals surface area contributed by atoms with Crippen LogP contribution < -0.4 is 16.4 Å². The van der Waals surface area contributed by atoms with Gasteiger partial charge < -0.3 is 11.1 Å². The van der Waals surface area contributed by atoms with E-state index in [1.807, 2.05) is 24.3 Å². The van der Waals surface area contributed by atoms with E-state index in [2.05, 4.69) is 15.6 Å². The van der Waals surface area contributed by atoms with Crippen molar-refractivity contribution in [2.75, 3.05) is 10.6 Å². The van der Waals surface area contributed by atoms with Gasteiger partial charge in [0.2, 0.25) is 5.91 Å². The van der Waals surface area contributed by atoms with Crippen LogP contribution in [0, 0.1) is 0 Å². The second kappa shape index (κ2) is 6.77. The summed E-state index contributed by atoms with van der Waals surface area (Å²) in [4.78, 5) is 27.8. The summed E-state index contributed by atoms with van der Waals surface area (Å²) in [6, 6.07) is 12.5. The van der Waals surface area contributed by atoms with Crippen molar-refractivity contribution >= 4 is 44.2 Å². The number of amides is 2. The lowest BCUT2D eigenvalue weighted by atomic mass is 10.1. The molecule has 0 spiro atoms. The van der Waals surface area contributed by atoms with Crippen molar-refractivity contribution in [3.63, 3.8) is 0 Å². The topological polar surface area (TPSA) is 97.1 Å². The lowest BCUT2D eigenvalue weighted by Crippen LogP contribution is -2.11. The van der Waals surface area contributed by atoms with Gasteiger partial charge in [-0.25, -0.2) is 4.98 Å². The van der Waals surface area contributed by atoms with Gasteiger partial charge in [-0.3, -0.25) is 14.9 Å². The lowest BCUT2D eigenvalue weighted by Gasteiger charge is -2.02. The molecule has 0 atom stereocenters. The van der Waals surface area contributed by atoms with E-state index in [4.69, 9.17) is 5.73 Å². The van der Waals surface area contributed by atoms with Crippen LogP contribution in [0.5, 0.6) is 0 Å². The third kappa shape index (κ3) is 3.58. The Hall–Kier alpha value is -2.77. The fourth-order valence-electron chi connectivity index (χ4n) is 2.22. The van der Waals surface area contributed by atoms with Crippen molar-refractivity contribution in [2.45, 2.75) is 13.5 Å². The Bertz CT molecular complexity index is 903. The van der Waals surface area contributed by atoms with E-state index in [1.165, 1.54) is 18.3 Å². The maximum absolute atomic E-state index is 12.3. The largest absolute Gasteiger partial charge is 0.326 e. The molecule has 2 aromatic carbocycles. The fourth-order valence-corrected chi connectivity index (χ4v) is 3.12. The Morgan fingerprint density at radius 2 is 1.88 bits per heavy atom. The number of anilines is 2. The van der Waals surface area contributed by atoms with Gasteiger partial charge in [-0.15, -0.1) is 0 Å². The summed E-state index contributed by atoms with van der Waals surface area (Å²) in [5, 5.41) is 6.03. The molecule has 0 unspecified atom stereocenters. The van der Waals surface area contributed by atoms with Crippen LogP contribution in [-0.4, -0.2) is 16.8 Å². The van der Waals surface area contributed by atoms with Gasteiger partial charge in [-0.2, -0.15) is 0 Å². The molecule has 0 radical (unpaired) electrons. The predicted molar refractivity (Wildman–Crippen MR) is 96.2 cm³/mol. The van der Waals surface area contributed by atoms with Crippen molar-refractivity contribution in [2.24, 2.45) is 5.73 Å². The molecule has 0 aliphatic carbocycles. The van der Waals surface area contributed by atoms with Gasteiger partial charge >= 0.3 is 0 Å². The summed E-state index contributed by atoms with van der Waals surface area (Å²) in [5.41, 5.74) is 8.54. The highest BCUT2D eigenvalue weighted by Gasteiger charge is 2.10. The number of hydrogen-bond donors (Lipinski definition) is 3. The van der Waals surface area contributed by atoms with E-state index in [9.17, 15) is 9.59 Å². The van der Waals surface area contributed by atoms with Crippen LogP contribution in [0.2, 0.25) is 0 Å². The zero-order valence-electron chi connectivity index (χ0n) is 13.0. The molecule has 0 aliphatic heterocycles. The quantitative estimate of drug-likeness (QED) is 0.680. The van der Waals surface area contributed by atoms with Crippen LogP contribution >= 0.6 is 11.3 Å². The van der Waals surface area contributed by atoms with E-state index in [0.717, 1.165) is 15.8 Å². The second-order valence-electron chi connectivity index (χ2n) is 5.24. The molecule has 0 bridgehead atoms. The first kappa shape index (κ1) is 16.1. The third-order valence-corrected chi connectivity index (χ3v) is 4.31. The summed E-state index contributed by atoms with van der Waals surface area (Å²) in [5.74, 6) is -0.354. The van der Waals surface area contributed by atoms with Gasteiger partial charge in [-0.1, -0.05) is 23.5 Å². The number of hydrogen-bond acceptors (Lipinski definition) is 5. The van der Waals surface area contributed by atoms with Gasteiger partial charge in [0.25, 0.3) is 5.91 Å². The van der Waals surface area contributed by atoms with E-state index >= 15 is 0 Å². The monoisotopic (exact) mass is 340 g/mol. The molecule has 6 nitrogen and oxygen atoms in total. The van der Waals surface area contributed by atoms with E-state index < -0.39 is 0 Å². The summed E-state index contributed by atoms with van der Waals surface area (Å²) in [6.45, 7) is 1.90. The molecular weight excluding hydrogens is 324 g/mol. The minimum Gasteiger partial charge on any atom is -0.326 e. The summed E-state index contributed by atoms with van der Waals surface area (Å²) >= 11 is 1.35. The Balaban J connectivity index is 1.78. The van der Waals surface area contributed by atoms with Gasteiger partial charge in [-0.05, 0) is 35.9 Å². The predicted octanol–water partition coefficient (Wildman–Crippen LogP) is 2.97. The smallest absolute Gasteiger partial charge is 0.257 e. The second-order valence-corrected chi connectivity index (χ2v) is 6.27. The highest BCUT2D eigenvalue weighted by molar-refractivity contribution is 7.22. The molecular formula is C17H16N4O2S. The summed E-state index contributed by atoms with van der Waals surface area (Å²) in [6.07, 6.45) is 0. The van der Waals surface area contributed by atoms with Crippen LogP contribution in [0.15, 0.2) is 42.5 Å². The number of aromatic nitrogens is 1. The van der Waals surface area contributed by atoms with Crippen LogP contribution in [0.1, 0.15) is 22.8 Å². The zero-order chi connectivity index (χ0) is 17.1. The number of nitrogens with two attached hydrogens (primary N) is 1. The minimum atomic E-state index is -0.222. The number of nitrogens with zero attached hydrogens (tertiary/aromatic N) is 1. The number of thiazole rings is 1. The molecule has 1 aromatic heterocycles. The molecule has 0 fully saturated rings. The van der Waals surface area contributed by atoms with Crippen molar-refractivity contribution < 1.29 is 9.59 Å². The normalized spacial score (nSPS) is 10.6. The maximum atomic E-state index is 12.3. The molecule has 0 saturated heterocycles. The molecule has 24 heavy (non-hydrogen) atoms. The zero-order valence-corrected chi connectivity index (χ0v) is 13.8. The molecule has 7 heteroatoms. The number of carbonyl (C=O) groups is 2. The first-order chi connectivity index (χ1) is 11.5. The lowest BCUT2D eigenvalue weighted by molar-refractivity contribution is -0.114. The van der Waals surface area contributed by atoms with Crippen LogP contribution in [0.4, 0.5) is 10.8 Å². The first-order valence-electron chi connectivity index (χ1n) is 7.33. The molecule has 122 valence electrons. The molecule has 2 amide bonds. The standard InChI is InChI=1S/C17H16N4O2S/c1-10(22)19-13-6-7-14-15(8-13)24-17(20-14)21-16(23)12-4-2-11(9-18)3-5-12/h2-8H,9,18H2,1H3,(H,19,22)(H,20,21,23). The molecule has 0 saturated carbocycles.